The summed E-state index contributed by atoms with van der Waals surface area (Å²) in [6, 6.07) is 15.3. The van der Waals surface area contributed by atoms with Gasteiger partial charge in [-0.15, -0.1) is 0 Å². The third kappa shape index (κ3) is 5.03. The van der Waals surface area contributed by atoms with Crippen LogP contribution in [-0.4, -0.2) is 44.7 Å². The van der Waals surface area contributed by atoms with E-state index in [0.29, 0.717) is 28.8 Å². The second-order valence-electron chi connectivity index (χ2n) is 8.96. The van der Waals surface area contributed by atoms with E-state index in [2.05, 4.69) is 42.6 Å². The zero-order valence-electron chi connectivity index (χ0n) is 19.2. The zero-order chi connectivity index (χ0) is 23.5. The number of halogens is 1. The molecule has 0 aliphatic carbocycles. The number of hydrogen-bond acceptors (Lipinski definition) is 6. The molecule has 0 amide bonds. The van der Waals surface area contributed by atoms with E-state index in [9.17, 15) is 9.50 Å². The molecule has 1 fully saturated rings. The monoisotopic (exact) mass is 460 g/mol. The molecule has 0 atom stereocenters. The fourth-order valence-corrected chi connectivity index (χ4v) is 4.49. The SMILES string of the molecule is Cc1cc2c(F)c(Nc3ccnc(Nc4cccc(CN5CCC(CO)CC5)c4)n3)ccc2[nH]1. The van der Waals surface area contributed by atoms with Gasteiger partial charge in [0.15, 0.2) is 5.82 Å². The summed E-state index contributed by atoms with van der Waals surface area (Å²) in [7, 11) is 0. The van der Waals surface area contributed by atoms with Crippen LogP contribution < -0.4 is 10.6 Å². The first-order valence-corrected chi connectivity index (χ1v) is 11.6. The van der Waals surface area contributed by atoms with Crippen LogP contribution in [0.25, 0.3) is 10.9 Å². The molecule has 7 nitrogen and oxygen atoms in total. The molecule has 2 aromatic carbocycles. The maximum atomic E-state index is 14.9. The molecular weight excluding hydrogens is 431 g/mol. The molecule has 4 N–H and O–H groups in total. The second kappa shape index (κ2) is 9.79. The van der Waals surface area contributed by atoms with E-state index >= 15 is 0 Å². The van der Waals surface area contributed by atoms with Crippen LogP contribution in [-0.2, 0) is 6.54 Å². The Balaban J connectivity index is 1.26. The number of anilines is 4. The Morgan fingerprint density at radius 3 is 2.79 bits per heavy atom. The minimum atomic E-state index is -0.314. The van der Waals surface area contributed by atoms with Gasteiger partial charge in [-0.05, 0) is 80.7 Å². The number of aromatic nitrogens is 3. The van der Waals surface area contributed by atoms with Crippen LogP contribution in [0.4, 0.5) is 27.5 Å². The molecular formula is C26H29FN6O. The smallest absolute Gasteiger partial charge is 0.229 e. The van der Waals surface area contributed by atoms with Crippen molar-refractivity contribution in [2.75, 3.05) is 30.3 Å². The lowest BCUT2D eigenvalue weighted by atomic mass is 9.97. The van der Waals surface area contributed by atoms with Gasteiger partial charge in [0.2, 0.25) is 5.95 Å². The Kier molecular flexibility index (Phi) is 6.42. The van der Waals surface area contributed by atoms with Crippen LogP contribution in [0.5, 0.6) is 0 Å². The van der Waals surface area contributed by atoms with E-state index in [-0.39, 0.29) is 12.4 Å². The van der Waals surface area contributed by atoms with Crippen molar-refractivity contribution >= 4 is 34.0 Å². The number of aromatic amines is 1. The van der Waals surface area contributed by atoms with E-state index in [1.807, 2.05) is 25.1 Å². The van der Waals surface area contributed by atoms with E-state index in [0.717, 1.165) is 49.4 Å². The molecule has 4 aromatic rings. The average Bonchev–Trinajstić information content (AvgIpc) is 3.23. The Morgan fingerprint density at radius 2 is 1.97 bits per heavy atom. The zero-order valence-corrected chi connectivity index (χ0v) is 19.2. The molecule has 34 heavy (non-hydrogen) atoms. The second-order valence-corrected chi connectivity index (χ2v) is 8.96. The van der Waals surface area contributed by atoms with Gasteiger partial charge in [-0.1, -0.05) is 12.1 Å². The fraction of sp³-hybridized carbons (Fsp3) is 0.308. The van der Waals surface area contributed by atoms with Gasteiger partial charge < -0.3 is 20.7 Å². The van der Waals surface area contributed by atoms with Gasteiger partial charge in [0.25, 0.3) is 0 Å². The molecule has 1 aliphatic heterocycles. The quantitative estimate of drug-likeness (QED) is 0.307. The van der Waals surface area contributed by atoms with E-state index in [1.165, 1.54) is 5.56 Å². The van der Waals surface area contributed by atoms with Crippen LogP contribution in [0.2, 0.25) is 0 Å². The van der Waals surface area contributed by atoms with Gasteiger partial charge in [0.05, 0.1) is 5.69 Å². The first-order valence-electron chi connectivity index (χ1n) is 11.6. The number of nitrogens with zero attached hydrogens (tertiary/aromatic N) is 3. The van der Waals surface area contributed by atoms with E-state index in [1.54, 1.807) is 24.4 Å². The summed E-state index contributed by atoms with van der Waals surface area (Å²) in [5.41, 5.74) is 4.15. The highest BCUT2D eigenvalue weighted by molar-refractivity contribution is 5.85. The van der Waals surface area contributed by atoms with E-state index in [4.69, 9.17) is 0 Å². The van der Waals surface area contributed by atoms with Gasteiger partial charge in [-0.3, -0.25) is 4.90 Å². The molecule has 176 valence electrons. The van der Waals surface area contributed by atoms with Gasteiger partial charge in [0, 0.05) is 41.6 Å². The molecule has 0 unspecified atom stereocenters. The summed E-state index contributed by atoms with van der Waals surface area (Å²) in [5, 5.41) is 16.2. The van der Waals surface area contributed by atoms with Gasteiger partial charge in [0.1, 0.15) is 5.82 Å². The van der Waals surface area contributed by atoms with Crippen molar-refractivity contribution in [1.82, 2.24) is 19.9 Å². The highest BCUT2D eigenvalue weighted by Crippen LogP contribution is 2.27. The number of aliphatic hydroxyl groups excluding tert-OH is 1. The fourth-order valence-electron chi connectivity index (χ4n) is 4.49. The molecule has 2 aromatic heterocycles. The number of likely N-dealkylation sites (tertiary alicyclic amines) is 1. The molecule has 0 radical (unpaired) electrons. The van der Waals surface area contributed by atoms with E-state index < -0.39 is 0 Å². The Morgan fingerprint density at radius 1 is 1.12 bits per heavy atom. The highest BCUT2D eigenvalue weighted by Gasteiger charge is 2.18. The first kappa shape index (κ1) is 22.3. The molecule has 0 spiro atoms. The Hall–Kier alpha value is -3.49. The maximum absolute atomic E-state index is 14.9. The maximum Gasteiger partial charge on any atom is 0.229 e. The number of benzene rings is 2. The summed E-state index contributed by atoms with van der Waals surface area (Å²) in [5.74, 6) is 1.06. The lowest BCUT2D eigenvalue weighted by Crippen LogP contribution is -2.34. The highest BCUT2D eigenvalue weighted by atomic mass is 19.1. The summed E-state index contributed by atoms with van der Waals surface area (Å²) in [6.07, 6.45) is 3.72. The molecule has 1 aliphatic rings. The van der Waals surface area contributed by atoms with Crippen molar-refractivity contribution < 1.29 is 9.50 Å². The minimum Gasteiger partial charge on any atom is -0.396 e. The predicted octanol–water partition coefficient (Wildman–Crippen LogP) is 5.10. The van der Waals surface area contributed by atoms with Crippen LogP contribution in [0.3, 0.4) is 0 Å². The average molecular weight is 461 g/mol. The largest absolute Gasteiger partial charge is 0.396 e. The number of H-pyrrole nitrogens is 1. The number of aliphatic hydroxyl groups is 1. The van der Waals surface area contributed by atoms with Crippen LogP contribution >= 0.6 is 0 Å². The number of fused-ring (bicyclic) bond motifs is 1. The summed E-state index contributed by atoms with van der Waals surface area (Å²) < 4.78 is 14.9. The molecule has 0 saturated carbocycles. The van der Waals surface area contributed by atoms with Crippen molar-refractivity contribution in [3.05, 3.63) is 71.8 Å². The van der Waals surface area contributed by atoms with Crippen molar-refractivity contribution in [2.45, 2.75) is 26.3 Å². The predicted molar refractivity (Wildman–Crippen MR) is 133 cm³/mol. The summed E-state index contributed by atoms with van der Waals surface area (Å²) >= 11 is 0. The van der Waals surface area contributed by atoms with Crippen molar-refractivity contribution in [3.8, 4) is 0 Å². The van der Waals surface area contributed by atoms with Gasteiger partial charge in [-0.25, -0.2) is 9.37 Å². The molecule has 3 heterocycles. The number of aryl methyl sites for hydroxylation is 1. The summed E-state index contributed by atoms with van der Waals surface area (Å²) in [6.45, 7) is 5.07. The van der Waals surface area contributed by atoms with Crippen molar-refractivity contribution in [1.29, 1.82) is 0 Å². The minimum absolute atomic E-state index is 0.286. The number of nitrogens with one attached hydrogen (secondary N) is 3. The number of piperidine rings is 1. The number of rotatable bonds is 7. The third-order valence-corrected chi connectivity index (χ3v) is 6.35. The molecule has 5 rings (SSSR count). The molecule has 8 heteroatoms. The summed E-state index contributed by atoms with van der Waals surface area (Å²) in [4.78, 5) is 14.4. The Labute approximate surface area is 198 Å². The standard InChI is InChI=1S/C26H29FN6O/c1-17-13-21-22(29-17)5-6-23(25(21)27)31-24-7-10-28-26(32-24)30-20-4-2-3-19(14-20)15-33-11-8-18(16-34)9-12-33/h2-7,10,13-14,18,29,34H,8-9,11-12,15-16H2,1H3,(H2,28,30,31,32). The first-order chi connectivity index (χ1) is 16.6. The topological polar surface area (TPSA) is 89.1 Å². The van der Waals surface area contributed by atoms with Gasteiger partial charge >= 0.3 is 0 Å². The van der Waals surface area contributed by atoms with Crippen LogP contribution in [0.1, 0.15) is 24.1 Å². The van der Waals surface area contributed by atoms with Crippen molar-refractivity contribution in [3.63, 3.8) is 0 Å². The normalized spacial score (nSPS) is 15.0. The van der Waals surface area contributed by atoms with Gasteiger partial charge in [-0.2, -0.15) is 4.98 Å². The molecule has 1 saturated heterocycles. The molecule has 0 bridgehead atoms. The number of hydrogen-bond donors (Lipinski definition) is 4. The lowest BCUT2D eigenvalue weighted by molar-refractivity contribution is 0.127. The third-order valence-electron chi connectivity index (χ3n) is 6.35. The Bertz CT molecular complexity index is 1280. The lowest BCUT2D eigenvalue weighted by Gasteiger charge is -2.31. The van der Waals surface area contributed by atoms with Crippen LogP contribution in [0.15, 0.2) is 54.7 Å². The van der Waals surface area contributed by atoms with Crippen LogP contribution in [0, 0.1) is 18.7 Å². The van der Waals surface area contributed by atoms with Crippen molar-refractivity contribution in [2.24, 2.45) is 5.92 Å².